The van der Waals surface area contributed by atoms with Crippen molar-refractivity contribution in [2.24, 2.45) is 0 Å². The largest absolute Gasteiger partial charge is 0.291 e. The summed E-state index contributed by atoms with van der Waals surface area (Å²) in [5.74, 6) is -0.465. The van der Waals surface area contributed by atoms with Gasteiger partial charge >= 0.3 is 0 Å². The van der Waals surface area contributed by atoms with Gasteiger partial charge in [-0.25, -0.2) is 5.11 Å². The molecule has 0 aliphatic rings. The minimum Gasteiger partial charge on any atom is -0.291 e. The standard InChI is InChI=1S/C9H6O3/c10-5-7-1-3-8(4-2-7)9(12)6-11/h1-4H,6H2. The van der Waals surface area contributed by atoms with Crippen LogP contribution in [0.15, 0.2) is 24.3 Å². The number of benzene rings is 1. The van der Waals surface area contributed by atoms with E-state index in [2.05, 4.69) is 0 Å². The van der Waals surface area contributed by atoms with Gasteiger partial charge in [-0.05, 0) is 0 Å². The summed E-state index contributed by atoms with van der Waals surface area (Å²) in [6.45, 7) is -0.760. The summed E-state index contributed by atoms with van der Waals surface area (Å²) in [5.41, 5.74) is 0.710. The van der Waals surface area contributed by atoms with E-state index in [1.54, 1.807) is 6.29 Å². The van der Waals surface area contributed by atoms with Gasteiger partial charge in [0.15, 0.2) is 5.78 Å². The van der Waals surface area contributed by atoms with Gasteiger partial charge in [-0.15, -0.1) is 0 Å². The molecule has 0 spiro atoms. The molecule has 0 fully saturated rings. The molecule has 0 heterocycles. The third kappa shape index (κ3) is 1.77. The van der Waals surface area contributed by atoms with Crippen LogP contribution in [-0.2, 0) is 9.90 Å². The average Bonchev–Trinajstić information content (AvgIpc) is 2.17. The van der Waals surface area contributed by atoms with Gasteiger partial charge in [0.1, 0.15) is 6.61 Å². The van der Waals surface area contributed by atoms with Crippen LogP contribution in [0.25, 0.3) is 0 Å². The van der Waals surface area contributed by atoms with E-state index in [9.17, 15) is 14.7 Å². The molecule has 0 aliphatic carbocycles. The Morgan fingerprint density at radius 2 is 1.83 bits per heavy atom. The molecule has 12 heavy (non-hydrogen) atoms. The minimum atomic E-state index is -0.760. The Balaban J connectivity index is 2.91. The van der Waals surface area contributed by atoms with E-state index in [0.717, 1.165) is 0 Å². The average molecular weight is 162 g/mol. The molecule has 3 heteroatoms. The maximum Gasteiger partial charge on any atom is 0.233 e. The van der Waals surface area contributed by atoms with Crippen LogP contribution in [0, 0.1) is 0 Å². The first-order chi connectivity index (χ1) is 5.77. The van der Waals surface area contributed by atoms with E-state index in [0.29, 0.717) is 11.1 Å². The van der Waals surface area contributed by atoms with Crippen molar-refractivity contribution in [1.82, 2.24) is 0 Å². The zero-order valence-corrected chi connectivity index (χ0v) is 6.24. The molecule has 0 saturated heterocycles. The van der Waals surface area contributed by atoms with Gasteiger partial charge in [-0.1, -0.05) is 24.3 Å². The van der Waals surface area contributed by atoms with E-state index >= 15 is 0 Å². The summed E-state index contributed by atoms with van der Waals surface area (Å²) < 4.78 is 0. The zero-order chi connectivity index (χ0) is 8.97. The van der Waals surface area contributed by atoms with Gasteiger partial charge in [0.2, 0.25) is 6.29 Å². The maximum atomic E-state index is 10.8. The monoisotopic (exact) mass is 162 g/mol. The third-order valence-electron chi connectivity index (χ3n) is 1.46. The number of Topliss-reactive ketones (excluding diaryl/α,β-unsaturated/α-hetero) is 1. The molecular weight excluding hydrogens is 156 g/mol. The topological polar surface area (TPSA) is 54.0 Å². The lowest BCUT2D eigenvalue weighted by atomic mass is 10.1. The van der Waals surface area contributed by atoms with Gasteiger partial charge in [-0.3, -0.25) is 9.59 Å². The molecule has 1 rings (SSSR count). The first kappa shape index (κ1) is 8.62. The van der Waals surface area contributed by atoms with Crippen molar-refractivity contribution in [3.05, 3.63) is 35.4 Å². The molecule has 60 valence electrons. The summed E-state index contributed by atoms with van der Waals surface area (Å²) >= 11 is 0. The van der Waals surface area contributed by atoms with Gasteiger partial charge in [0.25, 0.3) is 0 Å². The Kier molecular flexibility index (Phi) is 2.71. The van der Waals surface area contributed by atoms with Crippen LogP contribution < -0.4 is 0 Å². The second-order valence-corrected chi connectivity index (χ2v) is 2.25. The molecule has 3 nitrogen and oxygen atoms in total. The highest BCUT2D eigenvalue weighted by atomic mass is 16.3. The lowest BCUT2D eigenvalue weighted by Crippen LogP contribution is -2.02. The summed E-state index contributed by atoms with van der Waals surface area (Å²) in [4.78, 5) is 20.9. The van der Waals surface area contributed by atoms with Gasteiger partial charge in [0.05, 0.1) is 0 Å². The molecular formula is C9H6O3. The molecule has 0 bridgehead atoms. The van der Waals surface area contributed by atoms with E-state index in [1.165, 1.54) is 24.3 Å². The highest BCUT2D eigenvalue weighted by molar-refractivity contribution is 5.97. The predicted octanol–water partition coefficient (Wildman–Crippen LogP) is 0.758. The molecule has 1 aromatic rings. The number of carbonyl (C=O) groups excluding carboxylic acids is 2. The van der Waals surface area contributed by atoms with Crippen molar-refractivity contribution in [2.45, 2.75) is 0 Å². The fraction of sp³-hybridized carbons (Fsp3) is 0.111. The van der Waals surface area contributed by atoms with Crippen molar-refractivity contribution >= 4 is 12.1 Å². The van der Waals surface area contributed by atoms with E-state index in [1.807, 2.05) is 0 Å². The number of carbonyl (C=O) groups is 1. The van der Waals surface area contributed by atoms with Crippen molar-refractivity contribution in [3.8, 4) is 0 Å². The quantitative estimate of drug-likeness (QED) is 0.616. The number of hydrogen-bond donors (Lipinski definition) is 0. The smallest absolute Gasteiger partial charge is 0.233 e. The Morgan fingerprint density at radius 1 is 1.25 bits per heavy atom. The first-order valence-electron chi connectivity index (χ1n) is 3.37. The second-order valence-electron chi connectivity index (χ2n) is 2.25. The number of ketones is 1. The Hall–Kier alpha value is -1.48. The molecule has 0 aromatic heterocycles. The zero-order valence-electron chi connectivity index (χ0n) is 6.24. The van der Waals surface area contributed by atoms with Crippen molar-refractivity contribution in [2.75, 3.05) is 6.61 Å². The van der Waals surface area contributed by atoms with Gasteiger partial charge < -0.3 is 0 Å². The van der Waals surface area contributed by atoms with E-state index in [4.69, 9.17) is 0 Å². The third-order valence-corrected chi connectivity index (χ3v) is 1.46. The molecule has 0 saturated carbocycles. The molecule has 0 atom stereocenters. The highest BCUT2D eigenvalue weighted by Gasteiger charge is 2.03. The van der Waals surface area contributed by atoms with Crippen LogP contribution in [0.5, 0.6) is 0 Å². The normalized spacial score (nSPS) is 9.42. The van der Waals surface area contributed by atoms with Crippen molar-refractivity contribution < 1.29 is 14.7 Å². The first-order valence-corrected chi connectivity index (χ1v) is 3.37. The van der Waals surface area contributed by atoms with Crippen LogP contribution in [-0.4, -0.2) is 18.7 Å². The SMILES string of the molecule is [O]CC(=O)c1ccc([C]=O)cc1. The molecule has 0 N–H and O–H groups in total. The summed E-state index contributed by atoms with van der Waals surface area (Å²) in [6, 6.07) is 5.80. The lowest BCUT2D eigenvalue weighted by molar-refractivity contribution is 0.0827. The second kappa shape index (κ2) is 3.78. The van der Waals surface area contributed by atoms with Crippen LogP contribution in [0.2, 0.25) is 0 Å². The van der Waals surface area contributed by atoms with Crippen LogP contribution in [0.4, 0.5) is 0 Å². The molecule has 0 aliphatic heterocycles. The minimum absolute atomic E-state index is 0.337. The Morgan fingerprint density at radius 3 is 2.25 bits per heavy atom. The Labute approximate surface area is 69.6 Å². The lowest BCUT2D eigenvalue weighted by Gasteiger charge is -1.94. The summed E-state index contributed by atoms with van der Waals surface area (Å²) in [7, 11) is 0. The highest BCUT2D eigenvalue weighted by Crippen LogP contribution is 2.02. The van der Waals surface area contributed by atoms with E-state index < -0.39 is 12.4 Å². The maximum absolute atomic E-state index is 10.8. The molecule has 1 aromatic carbocycles. The number of rotatable bonds is 3. The predicted molar refractivity (Wildman–Crippen MR) is 41.1 cm³/mol. The van der Waals surface area contributed by atoms with Gasteiger partial charge in [-0.2, -0.15) is 0 Å². The summed E-state index contributed by atoms with van der Waals surface area (Å²) in [6.07, 6.45) is 1.67. The summed E-state index contributed by atoms with van der Waals surface area (Å²) in [5, 5.41) is 10.2. The molecule has 0 unspecified atom stereocenters. The molecule has 2 radical (unpaired) electrons. The van der Waals surface area contributed by atoms with Crippen LogP contribution in [0.3, 0.4) is 0 Å². The van der Waals surface area contributed by atoms with E-state index in [-0.39, 0.29) is 0 Å². The fourth-order valence-electron chi connectivity index (χ4n) is 0.807. The molecule has 0 amide bonds. The van der Waals surface area contributed by atoms with Crippen molar-refractivity contribution in [3.63, 3.8) is 0 Å². The van der Waals surface area contributed by atoms with Crippen LogP contribution >= 0.6 is 0 Å². The fourth-order valence-corrected chi connectivity index (χ4v) is 0.807. The Bertz CT molecular complexity index is 287. The van der Waals surface area contributed by atoms with Crippen LogP contribution in [0.1, 0.15) is 15.9 Å². The number of hydrogen-bond acceptors (Lipinski definition) is 2. The van der Waals surface area contributed by atoms with Crippen molar-refractivity contribution in [1.29, 1.82) is 0 Å². The van der Waals surface area contributed by atoms with Gasteiger partial charge in [0, 0.05) is 11.1 Å².